The maximum absolute atomic E-state index is 6.29. The van der Waals surface area contributed by atoms with Crippen LogP contribution in [-0.2, 0) is 5.41 Å². The highest BCUT2D eigenvalue weighted by atomic mass is 35.5. The molecule has 0 aliphatic carbocycles. The van der Waals surface area contributed by atoms with E-state index in [2.05, 4.69) is 59.0 Å². The van der Waals surface area contributed by atoms with Crippen molar-refractivity contribution >= 4 is 17.3 Å². The van der Waals surface area contributed by atoms with Gasteiger partial charge in [0.15, 0.2) is 0 Å². The van der Waals surface area contributed by atoms with E-state index in [0.29, 0.717) is 6.04 Å². The first kappa shape index (κ1) is 13.4. The van der Waals surface area contributed by atoms with Crippen molar-refractivity contribution in [2.45, 2.75) is 53.0 Å². The molecule has 1 aromatic rings. The van der Waals surface area contributed by atoms with Crippen LogP contribution in [0.15, 0.2) is 12.1 Å². The number of hydrogen-bond acceptors (Lipinski definition) is 1. The molecule has 0 aliphatic heterocycles. The number of halogens is 1. The summed E-state index contributed by atoms with van der Waals surface area (Å²) in [5, 5.41) is 4.17. The van der Waals surface area contributed by atoms with Gasteiger partial charge in [0.1, 0.15) is 0 Å². The Morgan fingerprint density at radius 3 is 2.19 bits per heavy atom. The van der Waals surface area contributed by atoms with Crippen LogP contribution in [0, 0.1) is 6.92 Å². The van der Waals surface area contributed by atoms with Gasteiger partial charge in [0.2, 0.25) is 0 Å². The van der Waals surface area contributed by atoms with Gasteiger partial charge in [-0.3, -0.25) is 0 Å². The summed E-state index contributed by atoms with van der Waals surface area (Å²) < 4.78 is 0. The molecule has 0 radical (unpaired) electrons. The normalized spacial score (nSPS) is 12.0. The molecular weight excluding hydrogens is 218 g/mol. The maximum atomic E-state index is 6.29. The lowest BCUT2D eigenvalue weighted by atomic mass is 9.84. The van der Waals surface area contributed by atoms with Gasteiger partial charge in [0, 0.05) is 6.04 Å². The van der Waals surface area contributed by atoms with Gasteiger partial charge in [-0.1, -0.05) is 32.4 Å². The molecule has 1 N–H and O–H groups in total. The fourth-order valence-electron chi connectivity index (χ4n) is 1.91. The van der Waals surface area contributed by atoms with E-state index >= 15 is 0 Å². The van der Waals surface area contributed by atoms with Crippen LogP contribution in [-0.4, -0.2) is 6.04 Å². The van der Waals surface area contributed by atoms with Crippen LogP contribution in [0.5, 0.6) is 0 Å². The zero-order chi connectivity index (χ0) is 12.5. The van der Waals surface area contributed by atoms with E-state index < -0.39 is 0 Å². The number of aryl methyl sites for hydroxylation is 1. The molecule has 0 spiro atoms. The zero-order valence-corrected chi connectivity index (χ0v) is 11.9. The van der Waals surface area contributed by atoms with Gasteiger partial charge in [-0.2, -0.15) is 0 Å². The summed E-state index contributed by atoms with van der Waals surface area (Å²) in [5.74, 6) is 0. The molecule has 0 bridgehead atoms. The van der Waals surface area contributed by atoms with Crippen LogP contribution in [0.2, 0.25) is 5.02 Å². The summed E-state index contributed by atoms with van der Waals surface area (Å²) in [4.78, 5) is 0. The Labute approximate surface area is 104 Å². The molecule has 1 rings (SSSR count). The molecular formula is C14H22ClN. The fourth-order valence-corrected chi connectivity index (χ4v) is 2.13. The lowest BCUT2D eigenvalue weighted by Crippen LogP contribution is -2.15. The maximum Gasteiger partial charge on any atom is 0.0640 e. The lowest BCUT2D eigenvalue weighted by Gasteiger charge is -2.23. The second kappa shape index (κ2) is 4.67. The van der Waals surface area contributed by atoms with Crippen molar-refractivity contribution < 1.29 is 0 Å². The Morgan fingerprint density at radius 1 is 1.19 bits per heavy atom. The van der Waals surface area contributed by atoms with Crippen molar-refractivity contribution in [1.29, 1.82) is 0 Å². The van der Waals surface area contributed by atoms with Crippen molar-refractivity contribution in [2.24, 2.45) is 0 Å². The third-order valence-electron chi connectivity index (χ3n) is 2.57. The first-order chi connectivity index (χ1) is 7.21. The Balaban J connectivity index is 3.17. The van der Waals surface area contributed by atoms with Crippen molar-refractivity contribution in [2.75, 3.05) is 5.32 Å². The largest absolute Gasteiger partial charge is 0.382 e. The fraction of sp³-hybridized carbons (Fsp3) is 0.571. The van der Waals surface area contributed by atoms with Gasteiger partial charge >= 0.3 is 0 Å². The lowest BCUT2D eigenvalue weighted by molar-refractivity contribution is 0.586. The number of anilines is 1. The molecule has 0 unspecified atom stereocenters. The highest BCUT2D eigenvalue weighted by molar-refractivity contribution is 6.33. The van der Waals surface area contributed by atoms with Crippen LogP contribution in [0.1, 0.15) is 45.7 Å². The third kappa shape index (κ3) is 3.15. The van der Waals surface area contributed by atoms with Gasteiger partial charge in [0.05, 0.1) is 10.7 Å². The van der Waals surface area contributed by atoms with Crippen LogP contribution in [0.4, 0.5) is 5.69 Å². The summed E-state index contributed by atoms with van der Waals surface area (Å²) in [5.41, 5.74) is 3.78. The molecule has 0 aromatic heterocycles. The minimum absolute atomic E-state index is 0.143. The van der Waals surface area contributed by atoms with Crippen molar-refractivity contribution in [3.63, 3.8) is 0 Å². The summed E-state index contributed by atoms with van der Waals surface area (Å²) in [6.07, 6.45) is 0. The topological polar surface area (TPSA) is 12.0 Å². The molecule has 0 heterocycles. The average molecular weight is 240 g/mol. The van der Waals surface area contributed by atoms with Crippen LogP contribution < -0.4 is 5.32 Å². The smallest absolute Gasteiger partial charge is 0.0640 e. The number of rotatable bonds is 2. The molecule has 2 heteroatoms. The summed E-state index contributed by atoms with van der Waals surface area (Å²) in [6.45, 7) is 13.0. The number of nitrogens with one attached hydrogen (secondary N) is 1. The molecule has 0 aliphatic rings. The third-order valence-corrected chi connectivity index (χ3v) is 2.88. The molecule has 1 aromatic carbocycles. The highest BCUT2D eigenvalue weighted by Crippen LogP contribution is 2.33. The molecule has 1 nitrogen and oxygen atoms in total. The van der Waals surface area contributed by atoms with Crippen LogP contribution in [0.25, 0.3) is 0 Å². The summed E-state index contributed by atoms with van der Waals surface area (Å²) in [7, 11) is 0. The van der Waals surface area contributed by atoms with E-state index in [1.54, 1.807) is 0 Å². The molecule has 0 fully saturated rings. The molecule has 16 heavy (non-hydrogen) atoms. The number of hydrogen-bond donors (Lipinski definition) is 1. The van der Waals surface area contributed by atoms with E-state index in [1.807, 2.05) is 0 Å². The van der Waals surface area contributed by atoms with Crippen LogP contribution in [0.3, 0.4) is 0 Å². The van der Waals surface area contributed by atoms with Gasteiger partial charge in [-0.05, 0) is 49.4 Å². The second-order valence-corrected chi connectivity index (χ2v) is 6.10. The number of benzene rings is 1. The highest BCUT2D eigenvalue weighted by Gasteiger charge is 2.18. The van der Waals surface area contributed by atoms with Gasteiger partial charge in [-0.25, -0.2) is 0 Å². The van der Waals surface area contributed by atoms with Crippen molar-refractivity contribution in [3.05, 3.63) is 28.3 Å². The first-order valence-electron chi connectivity index (χ1n) is 5.79. The SMILES string of the molecule is Cc1cc(NC(C)C)c(Cl)cc1C(C)(C)C. The summed E-state index contributed by atoms with van der Waals surface area (Å²) >= 11 is 6.29. The predicted molar refractivity (Wildman–Crippen MR) is 73.6 cm³/mol. The summed E-state index contributed by atoms with van der Waals surface area (Å²) in [6, 6.07) is 4.63. The predicted octanol–water partition coefficient (Wildman–Crippen LogP) is 4.77. The Hall–Kier alpha value is -0.690. The molecule has 0 saturated heterocycles. The van der Waals surface area contributed by atoms with E-state index in [9.17, 15) is 0 Å². The van der Waals surface area contributed by atoms with E-state index in [-0.39, 0.29) is 5.41 Å². The van der Waals surface area contributed by atoms with Crippen molar-refractivity contribution in [3.8, 4) is 0 Å². The van der Waals surface area contributed by atoms with E-state index in [4.69, 9.17) is 11.6 Å². The Morgan fingerprint density at radius 2 is 1.75 bits per heavy atom. The van der Waals surface area contributed by atoms with Crippen LogP contribution >= 0.6 is 11.6 Å². The Bertz CT molecular complexity index is 375. The average Bonchev–Trinajstić information content (AvgIpc) is 2.07. The molecule has 90 valence electrons. The quantitative estimate of drug-likeness (QED) is 0.784. The minimum Gasteiger partial charge on any atom is -0.382 e. The molecule has 0 atom stereocenters. The molecule has 0 saturated carbocycles. The molecule has 0 amide bonds. The van der Waals surface area contributed by atoms with E-state index in [1.165, 1.54) is 11.1 Å². The minimum atomic E-state index is 0.143. The van der Waals surface area contributed by atoms with Gasteiger partial charge < -0.3 is 5.32 Å². The van der Waals surface area contributed by atoms with Crippen molar-refractivity contribution in [1.82, 2.24) is 0 Å². The Kier molecular flexibility index (Phi) is 3.90. The van der Waals surface area contributed by atoms with E-state index in [0.717, 1.165) is 10.7 Å². The monoisotopic (exact) mass is 239 g/mol. The standard InChI is InChI=1S/C14H22ClN/c1-9(2)16-13-7-10(3)11(8-12(13)15)14(4,5)6/h7-9,16H,1-6H3. The second-order valence-electron chi connectivity index (χ2n) is 5.70. The zero-order valence-electron chi connectivity index (χ0n) is 11.1. The van der Waals surface area contributed by atoms with Gasteiger partial charge in [-0.15, -0.1) is 0 Å². The first-order valence-corrected chi connectivity index (χ1v) is 6.17. The van der Waals surface area contributed by atoms with Gasteiger partial charge in [0.25, 0.3) is 0 Å².